The van der Waals surface area contributed by atoms with E-state index in [-0.39, 0.29) is 18.3 Å². The van der Waals surface area contributed by atoms with Crippen molar-refractivity contribution in [2.45, 2.75) is 32.1 Å². The zero-order chi connectivity index (χ0) is 19.8. The van der Waals surface area contributed by atoms with E-state index in [9.17, 15) is 4.79 Å². The Kier molecular flexibility index (Phi) is 7.08. The standard InChI is InChI=1S/C21H23N3O3S/c1-15-7-6-10-18(16(15)2)26-13-20-23-24-21(27-20)28-14-19(25)22-12-11-17-8-4-3-5-9-17/h3-10H,11-14H2,1-2H3,(H,22,25). The van der Waals surface area contributed by atoms with Crippen LogP contribution in [0.15, 0.2) is 58.2 Å². The summed E-state index contributed by atoms with van der Waals surface area (Å²) in [6.45, 7) is 4.84. The molecule has 0 atom stereocenters. The molecular formula is C21H23N3O3S. The van der Waals surface area contributed by atoms with Crippen LogP contribution in [0.5, 0.6) is 5.75 Å². The van der Waals surface area contributed by atoms with Crippen molar-refractivity contribution in [2.75, 3.05) is 12.3 Å². The highest BCUT2D eigenvalue weighted by Gasteiger charge is 2.11. The number of ether oxygens (including phenoxy) is 1. The smallest absolute Gasteiger partial charge is 0.277 e. The molecule has 1 N–H and O–H groups in total. The minimum absolute atomic E-state index is 0.0627. The predicted molar refractivity (Wildman–Crippen MR) is 108 cm³/mol. The molecule has 1 aromatic heterocycles. The van der Waals surface area contributed by atoms with Crippen molar-refractivity contribution in [3.8, 4) is 5.75 Å². The van der Waals surface area contributed by atoms with Crippen molar-refractivity contribution in [1.29, 1.82) is 0 Å². The van der Waals surface area contributed by atoms with Gasteiger partial charge in [0.15, 0.2) is 6.61 Å². The number of carbonyl (C=O) groups is 1. The SMILES string of the molecule is Cc1cccc(OCc2nnc(SCC(=O)NCCc3ccccc3)o2)c1C. The lowest BCUT2D eigenvalue weighted by Crippen LogP contribution is -2.27. The first-order chi connectivity index (χ1) is 13.6. The van der Waals surface area contributed by atoms with Crippen LogP contribution in [0.25, 0.3) is 0 Å². The molecule has 146 valence electrons. The highest BCUT2D eigenvalue weighted by molar-refractivity contribution is 7.99. The third-order valence-electron chi connectivity index (χ3n) is 4.26. The van der Waals surface area contributed by atoms with Gasteiger partial charge in [-0.05, 0) is 43.0 Å². The second-order valence-corrected chi connectivity index (χ2v) is 7.25. The minimum atomic E-state index is -0.0627. The molecule has 28 heavy (non-hydrogen) atoms. The number of carbonyl (C=O) groups excluding carboxylic acids is 1. The maximum absolute atomic E-state index is 11.9. The van der Waals surface area contributed by atoms with E-state index in [1.54, 1.807) is 0 Å². The molecule has 7 heteroatoms. The minimum Gasteiger partial charge on any atom is -0.484 e. The van der Waals surface area contributed by atoms with Crippen LogP contribution >= 0.6 is 11.8 Å². The van der Waals surface area contributed by atoms with Gasteiger partial charge in [0.05, 0.1) is 5.75 Å². The van der Waals surface area contributed by atoms with Gasteiger partial charge in [-0.15, -0.1) is 10.2 Å². The molecule has 0 bridgehead atoms. The van der Waals surface area contributed by atoms with Gasteiger partial charge in [0.2, 0.25) is 5.91 Å². The number of hydrogen-bond acceptors (Lipinski definition) is 6. The van der Waals surface area contributed by atoms with Gasteiger partial charge in [-0.25, -0.2) is 0 Å². The molecule has 0 radical (unpaired) electrons. The van der Waals surface area contributed by atoms with Crippen LogP contribution in [-0.4, -0.2) is 28.4 Å². The van der Waals surface area contributed by atoms with Gasteiger partial charge in [0, 0.05) is 6.54 Å². The van der Waals surface area contributed by atoms with Gasteiger partial charge >= 0.3 is 0 Å². The van der Waals surface area contributed by atoms with Gasteiger partial charge in [-0.2, -0.15) is 0 Å². The first-order valence-corrected chi connectivity index (χ1v) is 10.0. The Balaban J connectivity index is 1.39. The van der Waals surface area contributed by atoms with Crippen LogP contribution in [0.3, 0.4) is 0 Å². The number of hydrogen-bond donors (Lipinski definition) is 1. The van der Waals surface area contributed by atoms with E-state index in [0.29, 0.717) is 17.7 Å². The Morgan fingerprint density at radius 3 is 2.75 bits per heavy atom. The Morgan fingerprint density at radius 1 is 1.11 bits per heavy atom. The van der Waals surface area contributed by atoms with Crippen LogP contribution < -0.4 is 10.1 Å². The van der Waals surface area contributed by atoms with E-state index >= 15 is 0 Å². The normalized spacial score (nSPS) is 10.6. The van der Waals surface area contributed by atoms with Crippen LogP contribution in [0.1, 0.15) is 22.6 Å². The zero-order valence-corrected chi connectivity index (χ0v) is 16.8. The molecule has 0 spiro atoms. The number of nitrogens with zero attached hydrogens (tertiary/aromatic N) is 2. The lowest BCUT2D eigenvalue weighted by Gasteiger charge is -2.08. The van der Waals surface area contributed by atoms with Crippen molar-refractivity contribution < 1.29 is 13.9 Å². The first kappa shape index (κ1) is 19.9. The van der Waals surface area contributed by atoms with Crippen LogP contribution in [0.4, 0.5) is 0 Å². The topological polar surface area (TPSA) is 77.2 Å². The number of aryl methyl sites for hydroxylation is 1. The number of rotatable bonds is 9. The third-order valence-corrected chi connectivity index (χ3v) is 5.08. The van der Waals surface area contributed by atoms with E-state index in [1.807, 2.05) is 62.4 Å². The van der Waals surface area contributed by atoms with Gasteiger partial charge in [0.1, 0.15) is 5.75 Å². The molecule has 0 saturated heterocycles. The third kappa shape index (κ3) is 5.85. The molecule has 1 amide bonds. The molecule has 0 fully saturated rings. The molecule has 0 saturated carbocycles. The Morgan fingerprint density at radius 2 is 1.93 bits per heavy atom. The fourth-order valence-electron chi connectivity index (χ4n) is 2.54. The Bertz CT molecular complexity index is 912. The summed E-state index contributed by atoms with van der Waals surface area (Å²) in [6.07, 6.45) is 0.803. The van der Waals surface area contributed by atoms with Crippen molar-refractivity contribution in [3.05, 3.63) is 71.1 Å². The number of nitrogens with one attached hydrogen (secondary N) is 1. The maximum Gasteiger partial charge on any atom is 0.277 e. The summed E-state index contributed by atoms with van der Waals surface area (Å²) in [6, 6.07) is 15.9. The van der Waals surface area contributed by atoms with E-state index < -0.39 is 0 Å². The highest BCUT2D eigenvalue weighted by atomic mass is 32.2. The zero-order valence-electron chi connectivity index (χ0n) is 16.0. The first-order valence-electron chi connectivity index (χ1n) is 9.06. The quantitative estimate of drug-likeness (QED) is 0.555. The van der Waals surface area contributed by atoms with Crippen molar-refractivity contribution in [2.24, 2.45) is 0 Å². The summed E-state index contributed by atoms with van der Waals surface area (Å²) in [7, 11) is 0. The predicted octanol–water partition coefficient (Wildman–Crippen LogP) is 3.72. The van der Waals surface area contributed by atoms with E-state index in [0.717, 1.165) is 23.3 Å². The summed E-state index contributed by atoms with van der Waals surface area (Å²) < 4.78 is 11.3. The maximum atomic E-state index is 11.9. The van der Waals surface area contributed by atoms with Crippen LogP contribution in [0, 0.1) is 13.8 Å². The molecule has 0 aliphatic carbocycles. The number of thioether (sulfide) groups is 1. The van der Waals surface area contributed by atoms with E-state index in [2.05, 4.69) is 15.5 Å². The average molecular weight is 398 g/mol. The lowest BCUT2D eigenvalue weighted by atomic mass is 10.1. The number of aromatic nitrogens is 2. The molecule has 6 nitrogen and oxygen atoms in total. The number of amides is 1. The fourth-order valence-corrected chi connectivity index (χ4v) is 3.15. The molecule has 0 aliphatic heterocycles. The Hall–Kier alpha value is -2.80. The fraction of sp³-hybridized carbons (Fsp3) is 0.286. The van der Waals surface area contributed by atoms with Gasteiger partial charge in [0.25, 0.3) is 11.1 Å². The molecule has 0 unspecified atom stereocenters. The molecule has 2 aromatic carbocycles. The summed E-state index contributed by atoms with van der Waals surface area (Å²) >= 11 is 1.22. The molecule has 3 rings (SSSR count). The number of benzene rings is 2. The van der Waals surface area contributed by atoms with Gasteiger partial charge in [-0.1, -0.05) is 54.2 Å². The highest BCUT2D eigenvalue weighted by Crippen LogP contribution is 2.22. The van der Waals surface area contributed by atoms with Crippen molar-refractivity contribution in [1.82, 2.24) is 15.5 Å². The van der Waals surface area contributed by atoms with Gasteiger partial charge in [-0.3, -0.25) is 4.79 Å². The molecule has 3 aromatic rings. The summed E-state index contributed by atoms with van der Waals surface area (Å²) in [4.78, 5) is 11.9. The monoisotopic (exact) mass is 397 g/mol. The molecule has 0 aliphatic rings. The van der Waals surface area contributed by atoms with E-state index in [4.69, 9.17) is 9.15 Å². The summed E-state index contributed by atoms with van der Waals surface area (Å²) in [5, 5.41) is 11.2. The molecule has 1 heterocycles. The summed E-state index contributed by atoms with van der Waals surface area (Å²) in [5.74, 6) is 1.35. The Labute approximate surface area is 168 Å². The van der Waals surface area contributed by atoms with E-state index in [1.165, 1.54) is 17.3 Å². The molecular weight excluding hydrogens is 374 g/mol. The van der Waals surface area contributed by atoms with Crippen molar-refractivity contribution in [3.63, 3.8) is 0 Å². The van der Waals surface area contributed by atoms with Crippen molar-refractivity contribution >= 4 is 17.7 Å². The second-order valence-electron chi connectivity index (χ2n) is 6.32. The summed E-state index contributed by atoms with van der Waals surface area (Å²) in [5.41, 5.74) is 3.45. The average Bonchev–Trinajstić information content (AvgIpc) is 3.16. The second kappa shape index (κ2) is 9.94. The van der Waals surface area contributed by atoms with Crippen LogP contribution in [-0.2, 0) is 17.8 Å². The van der Waals surface area contributed by atoms with Crippen LogP contribution in [0.2, 0.25) is 0 Å². The van der Waals surface area contributed by atoms with Gasteiger partial charge < -0.3 is 14.5 Å². The largest absolute Gasteiger partial charge is 0.484 e. The lowest BCUT2D eigenvalue weighted by molar-refractivity contribution is -0.118.